The summed E-state index contributed by atoms with van der Waals surface area (Å²) < 4.78 is 0. The second kappa shape index (κ2) is 8.06. The Morgan fingerprint density at radius 3 is 2.89 bits per heavy atom. The summed E-state index contributed by atoms with van der Waals surface area (Å²) in [6, 6.07) is 5.43. The molecule has 0 bridgehead atoms. The highest BCUT2D eigenvalue weighted by molar-refractivity contribution is 6.25. The number of nitrogens with two attached hydrogens (primary N) is 1. The lowest BCUT2D eigenvalue weighted by Gasteiger charge is -2.34. The van der Waals surface area contributed by atoms with Gasteiger partial charge in [-0.25, -0.2) is 0 Å². The topological polar surface area (TPSA) is 103 Å². The van der Waals surface area contributed by atoms with E-state index in [4.69, 9.17) is 5.73 Å². The van der Waals surface area contributed by atoms with Gasteiger partial charge in [-0.3, -0.25) is 9.59 Å². The average Bonchev–Trinajstić information content (AvgIpc) is 3.03. The van der Waals surface area contributed by atoms with Gasteiger partial charge in [0, 0.05) is 30.8 Å². The first-order valence-corrected chi connectivity index (χ1v) is 9.36. The monoisotopic (exact) mass is 372 g/mol. The number of likely N-dealkylation sites (N-methyl/N-ethyl adjacent to an activating group) is 1. The van der Waals surface area contributed by atoms with E-state index in [-0.39, 0.29) is 23.8 Å². The van der Waals surface area contributed by atoms with Crippen LogP contribution in [0.15, 0.2) is 23.3 Å². The zero-order valence-corrected chi connectivity index (χ0v) is 16.2. The fraction of sp³-hybridized carbons (Fsp3) is 0.526. The molecule has 27 heavy (non-hydrogen) atoms. The molecule has 8 heteroatoms. The standard InChI is InChI=1S/C19H28N6O2/c1-12-16-17(23-22-12)14-6-5-13(18(26)21-8-10-24(2)3)11-15(14)25(19(16)27)9-4-7-20/h5-6,11-12,16,22H,4,7-10,20H2,1-3H3,(H,21,26). The minimum atomic E-state index is -0.296. The number of benzene rings is 1. The van der Waals surface area contributed by atoms with E-state index in [9.17, 15) is 9.59 Å². The third kappa shape index (κ3) is 3.81. The van der Waals surface area contributed by atoms with Gasteiger partial charge in [0.05, 0.1) is 17.4 Å². The lowest BCUT2D eigenvalue weighted by molar-refractivity contribution is -0.121. The molecule has 2 atom stereocenters. The SMILES string of the molecule is CC1NN=C2c3ccc(C(=O)NCCN(C)C)cc3N(CCCN)C(=O)C21. The van der Waals surface area contributed by atoms with E-state index in [1.165, 1.54) is 0 Å². The number of carbonyl (C=O) groups excluding carboxylic acids is 2. The first-order valence-electron chi connectivity index (χ1n) is 9.36. The number of hydrogen-bond donors (Lipinski definition) is 3. The maximum absolute atomic E-state index is 13.1. The molecule has 0 saturated carbocycles. The largest absolute Gasteiger partial charge is 0.351 e. The fourth-order valence-electron chi connectivity index (χ4n) is 3.49. The van der Waals surface area contributed by atoms with Crippen LogP contribution < -0.4 is 21.4 Å². The Hall–Kier alpha value is -2.45. The van der Waals surface area contributed by atoms with E-state index < -0.39 is 0 Å². The lowest BCUT2D eigenvalue weighted by atomic mass is 9.85. The van der Waals surface area contributed by atoms with Crippen LogP contribution in [-0.2, 0) is 4.79 Å². The Labute approximate surface area is 159 Å². The van der Waals surface area contributed by atoms with Crippen molar-refractivity contribution in [3.63, 3.8) is 0 Å². The smallest absolute Gasteiger partial charge is 0.251 e. The summed E-state index contributed by atoms with van der Waals surface area (Å²) in [7, 11) is 3.92. The van der Waals surface area contributed by atoms with Crippen molar-refractivity contribution in [2.75, 3.05) is 45.2 Å². The van der Waals surface area contributed by atoms with E-state index in [0.29, 0.717) is 31.6 Å². The van der Waals surface area contributed by atoms with Crippen LogP contribution in [0.3, 0.4) is 0 Å². The molecule has 0 spiro atoms. The van der Waals surface area contributed by atoms with Crippen molar-refractivity contribution in [1.29, 1.82) is 0 Å². The molecule has 2 unspecified atom stereocenters. The Bertz CT molecular complexity index is 761. The number of rotatable bonds is 7. The normalized spacial score (nSPS) is 20.9. The Kier molecular flexibility index (Phi) is 5.76. The second-order valence-electron chi connectivity index (χ2n) is 7.32. The van der Waals surface area contributed by atoms with Crippen molar-refractivity contribution in [2.45, 2.75) is 19.4 Å². The number of anilines is 1. The number of hydrazone groups is 1. The molecule has 2 amide bonds. The van der Waals surface area contributed by atoms with Crippen LogP contribution in [0.2, 0.25) is 0 Å². The van der Waals surface area contributed by atoms with Crippen LogP contribution in [0.1, 0.15) is 29.3 Å². The first kappa shape index (κ1) is 19.3. The Balaban J connectivity index is 1.90. The van der Waals surface area contributed by atoms with Crippen LogP contribution >= 0.6 is 0 Å². The third-order valence-corrected chi connectivity index (χ3v) is 4.97. The molecule has 3 rings (SSSR count). The van der Waals surface area contributed by atoms with E-state index in [0.717, 1.165) is 23.5 Å². The number of amides is 2. The number of carbonyl (C=O) groups is 2. The predicted molar refractivity (Wildman–Crippen MR) is 106 cm³/mol. The van der Waals surface area contributed by atoms with Gasteiger partial charge in [0.2, 0.25) is 5.91 Å². The zero-order valence-electron chi connectivity index (χ0n) is 16.2. The summed E-state index contributed by atoms with van der Waals surface area (Å²) in [4.78, 5) is 29.3. The van der Waals surface area contributed by atoms with Crippen molar-refractivity contribution in [1.82, 2.24) is 15.6 Å². The first-order chi connectivity index (χ1) is 12.9. The molecule has 4 N–H and O–H groups in total. The molecule has 1 aromatic rings. The number of fused-ring (bicyclic) bond motifs is 3. The molecule has 2 aliphatic heterocycles. The van der Waals surface area contributed by atoms with E-state index in [2.05, 4.69) is 15.8 Å². The van der Waals surface area contributed by atoms with Gasteiger partial charge in [-0.15, -0.1) is 0 Å². The van der Waals surface area contributed by atoms with Crippen molar-refractivity contribution in [3.8, 4) is 0 Å². The molecule has 8 nitrogen and oxygen atoms in total. The van der Waals surface area contributed by atoms with Gasteiger partial charge in [-0.1, -0.05) is 6.07 Å². The van der Waals surface area contributed by atoms with Gasteiger partial charge in [-0.05, 0) is 46.1 Å². The molecule has 0 saturated heterocycles. The van der Waals surface area contributed by atoms with Crippen LogP contribution in [-0.4, -0.2) is 68.7 Å². The highest BCUT2D eigenvalue weighted by Gasteiger charge is 2.43. The van der Waals surface area contributed by atoms with Gasteiger partial charge in [0.1, 0.15) is 5.92 Å². The quantitative estimate of drug-likeness (QED) is 0.624. The summed E-state index contributed by atoms with van der Waals surface area (Å²) in [6.07, 6.45) is 0.700. The molecule has 0 aliphatic carbocycles. The third-order valence-electron chi connectivity index (χ3n) is 4.97. The summed E-state index contributed by atoms with van der Waals surface area (Å²) in [5, 5.41) is 7.29. The Morgan fingerprint density at radius 2 is 2.19 bits per heavy atom. The maximum Gasteiger partial charge on any atom is 0.251 e. The van der Waals surface area contributed by atoms with E-state index >= 15 is 0 Å². The van der Waals surface area contributed by atoms with Gasteiger partial charge >= 0.3 is 0 Å². The summed E-state index contributed by atoms with van der Waals surface area (Å²) >= 11 is 0. The average molecular weight is 372 g/mol. The molecular formula is C19H28N6O2. The van der Waals surface area contributed by atoms with Crippen LogP contribution in [0, 0.1) is 5.92 Å². The van der Waals surface area contributed by atoms with Crippen molar-refractivity contribution >= 4 is 23.2 Å². The van der Waals surface area contributed by atoms with E-state index in [1.807, 2.05) is 32.0 Å². The molecule has 0 fully saturated rings. The molecule has 146 valence electrons. The molecule has 0 aromatic heterocycles. The molecule has 2 heterocycles. The van der Waals surface area contributed by atoms with Crippen LogP contribution in [0.4, 0.5) is 5.69 Å². The minimum absolute atomic E-state index is 0.0114. The number of nitrogens with zero attached hydrogens (tertiary/aromatic N) is 3. The summed E-state index contributed by atoms with van der Waals surface area (Å²) in [6.45, 7) is 4.32. The predicted octanol–water partition coefficient (Wildman–Crippen LogP) is -0.0146. The minimum Gasteiger partial charge on any atom is -0.351 e. The zero-order chi connectivity index (χ0) is 19.6. The number of hydrogen-bond acceptors (Lipinski definition) is 6. The highest BCUT2D eigenvalue weighted by Crippen LogP contribution is 2.35. The van der Waals surface area contributed by atoms with Gasteiger partial charge in [0.15, 0.2) is 0 Å². The van der Waals surface area contributed by atoms with Crippen LogP contribution in [0.25, 0.3) is 0 Å². The van der Waals surface area contributed by atoms with Gasteiger partial charge in [-0.2, -0.15) is 5.10 Å². The Morgan fingerprint density at radius 1 is 1.41 bits per heavy atom. The second-order valence-corrected chi connectivity index (χ2v) is 7.32. The summed E-state index contributed by atoms with van der Waals surface area (Å²) in [5.74, 6) is -0.430. The number of nitrogens with one attached hydrogen (secondary N) is 2. The van der Waals surface area contributed by atoms with Crippen molar-refractivity contribution < 1.29 is 9.59 Å². The summed E-state index contributed by atoms with van der Waals surface area (Å²) in [5.41, 5.74) is 11.6. The molecule has 0 radical (unpaired) electrons. The molecule has 1 aromatic carbocycles. The van der Waals surface area contributed by atoms with Crippen LogP contribution in [0.5, 0.6) is 0 Å². The highest BCUT2D eigenvalue weighted by atomic mass is 16.2. The molecule has 2 aliphatic rings. The van der Waals surface area contributed by atoms with Gasteiger partial charge < -0.3 is 26.3 Å². The maximum atomic E-state index is 13.1. The molecular weight excluding hydrogens is 344 g/mol. The van der Waals surface area contributed by atoms with E-state index in [1.54, 1.807) is 17.0 Å². The van der Waals surface area contributed by atoms with Crippen molar-refractivity contribution in [3.05, 3.63) is 29.3 Å². The van der Waals surface area contributed by atoms with Gasteiger partial charge in [0.25, 0.3) is 5.91 Å². The fourth-order valence-corrected chi connectivity index (χ4v) is 3.49. The van der Waals surface area contributed by atoms with Crippen molar-refractivity contribution in [2.24, 2.45) is 16.8 Å². The lowest BCUT2D eigenvalue weighted by Crippen LogP contribution is -2.48.